The van der Waals surface area contributed by atoms with Crippen molar-refractivity contribution in [3.05, 3.63) is 47.5 Å². The van der Waals surface area contributed by atoms with Crippen LogP contribution in [-0.2, 0) is 19.4 Å². The molecule has 0 saturated heterocycles. The molecule has 0 spiro atoms. The molecule has 3 heteroatoms. The summed E-state index contributed by atoms with van der Waals surface area (Å²) in [6.07, 6.45) is 9.32. The summed E-state index contributed by atoms with van der Waals surface area (Å²) < 4.78 is 2.15. The normalized spacial score (nSPS) is 17.4. The second-order valence-corrected chi connectivity index (χ2v) is 5.98. The van der Waals surface area contributed by atoms with Gasteiger partial charge >= 0.3 is 0 Å². The summed E-state index contributed by atoms with van der Waals surface area (Å²) in [5, 5.41) is 4.55. The van der Waals surface area contributed by atoms with Crippen LogP contribution < -0.4 is 0 Å². The Morgan fingerprint density at radius 3 is 3.00 bits per heavy atom. The van der Waals surface area contributed by atoms with Gasteiger partial charge in [-0.2, -0.15) is 5.10 Å². The smallest absolute Gasteiger partial charge is 0.0677 e. The third-order valence-corrected chi connectivity index (χ3v) is 3.81. The zero-order valence-corrected chi connectivity index (χ0v) is 11.1. The molecule has 0 aromatic carbocycles. The zero-order valence-electron chi connectivity index (χ0n) is 11.1. The van der Waals surface area contributed by atoms with Crippen molar-refractivity contribution in [2.45, 2.75) is 39.7 Å². The van der Waals surface area contributed by atoms with E-state index in [2.05, 4.69) is 34.7 Å². The highest BCUT2D eigenvalue weighted by atomic mass is 15.3. The van der Waals surface area contributed by atoms with Crippen LogP contribution in [0.2, 0.25) is 0 Å². The highest BCUT2D eigenvalue weighted by Gasteiger charge is 2.28. The molecule has 2 heterocycles. The third kappa shape index (κ3) is 2.17. The predicted molar refractivity (Wildman–Crippen MR) is 71.4 cm³/mol. The fourth-order valence-corrected chi connectivity index (χ4v) is 2.68. The first-order chi connectivity index (χ1) is 8.64. The Kier molecular flexibility index (Phi) is 2.69. The van der Waals surface area contributed by atoms with E-state index in [1.54, 1.807) is 0 Å². The van der Waals surface area contributed by atoms with Crippen LogP contribution in [0, 0.1) is 5.41 Å². The Balaban J connectivity index is 1.89. The fourth-order valence-electron chi connectivity index (χ4n) is 2.68. The van der Waals surface area contributed by atoms with E-state index in [-0.39, 0.29) is 0 Å². The number of nitrogens with zero attached hydrogens (tertiary/aromatic N) is 3. The zero-order chi connectivity index (χ0) is 12.6. The highest BCUT2D eigenvalue weighted by Crippen LogP contribution is 2.34. The summed E-state index contributed by atoms with van der Waals surface area (Å²) in [6, 6.07) is 4.09. The molecule has 0 unspecified atom stereocenters. The molecule has 0 atom stereocenters. The summed E-state index contributed by atoms with van der Waals surface area (Å²) in [5.41, 5.74) is 4.46. The number of pyridine rings is 1. The van der Waals surface area contributed by atoms with Crippen LogP contribution in [0.3, 0.4) is 0 Å². The van der Waals surface area contributed by atoms with E-state index in [0.717, 1.165) is 19.4 Å². The number of aromatic nitrogens is 3. The lowest BCUT2D eigenvalue weighted by Crippen LogP contribution is -2.24. The average Bonchev–Trinajstić information content (AvgIpc) is 2.72. The molecule has 0 N–H and O–H groups in total. The quantitative estimate of drug-likeness (QED) is 0.809. The van der Waals surface area contributed by atoms with Gasteiger partial charge in [0.1, 0.15) is 0 Å². The SMILES string of the molecule is CC1(C)CCc2cnn(Cc3cccnc3)c2C1. The second kappa shape index (κ2) is 4.23. The van der Waals surface area contributed by atoms with Crippen LogP contribution in [-0.4, -0.2) is 14.8 Å². The molecule has 1 aliphatic carbocycles. The number of fused-ring (bicyclic) bond motifs is 1. The van der Waals surface area contributed by atoms with E-state index < -0.39 is 0 Å². The number of aryl methyl sites for hydroxylation is 1. The van der Waals surface area contributed by atoms with Crippen molar-refractivity contribution in [2.24, 2.45) is 5.41 Å². The van der Waals surface area contributed by atoms with Gasteiger partial charge in [-0.05, 0) is 41.9 Å². The van der Waals surface area contributed by atoms with Crippen molar-refractivity contribution < 1.29 is 0 Å². The van der Waals surface area contributed by atoms with Crippen molar-refractivity contribution >= 4 is 0 Å². The minimum atomic E-state index is 0.403. The van der Waals surface area contributed by atoms with Gasteiger partial charge < -0.3 is 0 Å². The lowest BCUT2D eigenvalue weighted by atomic mass is 9.77. The van der Waals surface area contributed by atoms with Gasteiger partial charge in [-0.3, -0.25) is 9.67 Å². The van der Waals surface area contributed by atoms with Gasteiger partial charge in [0, 0.05) is 18.1 Å². The van der Waals surface area contributed by atoms with Gasteiger partial charge in [0.15, 0.2) is 0 Å². The Hall–Kier alpha value is -1.64. The minimum Gasteiger partial charge on any atom is -0.265 e. The van der Waals surface area contributed by atoms with Gasteiger partial charge in [-0.15, -0.1) is 0 Å². The first-order valence-electron chi connectivity index (χ1n) is 6.56. The van der Waals surface area contributed by atoms with Crippen molar-refractivity contribution in [3.8, 4) is 0 Å². The van der Waals surface area contributed by atoms with Gasteiger partial charge in [0.25, 0.3) is 0 Å². The maximum atomic E-state index is 4.55. The first kappa shape index (κ1) is 11.5. The van der Waals surface area contributed by atoms with Gasteiger partial charge in [0.05, 0.1) is 12.7 Å². The van der Waals surface area contributed by atoms with E-state index in [1.165, 1.54) is 23.2 Å². The molecule has 0 aliphatic heterocycles. The minimum absolute atomic E-state index is 0.403. The van der Waals surface area contributed by atoms with Crippen LogP contribution in [0.4, 0.5) is 0 Å². The Labute approximate surface area is 108 Å². The molecule has 0 fully saturated rings. The lowest BCUT2D eigenvalue weighted by molar-refractivity contribution is 0.305. The summed E-state index contributed by atoms with van der Waals surface area (Å²) in [6.45, 7) is 5.52. The maximum Gasteiger partial charge on any atom is 0.0677 e. The fraction of sp³-hybridized carbons (Fsp3) is 0.467. The summed E-state index contributed by atoms with van der Waals surface area (Å²) in [5.74, 6) is 0. The molecule has 2 aromatic rings. The van der Waals surface area contributed by atoms with Crippen molar-refractivity contribution in [1.82, 2.24) is 14.8 Å². The van der Waals surface area contributed by atoms with Crippen LogP contribution in [0.25, 0.3) is 0 Å². The standard InChI is InChI=1S/C15H19N3/c1-15(2)6-5-13-10-17-18(14(13)8-15)11-12-4-3-7-16-9-12/h3-4,7,9-10H,5-6,8,11H2,1-2H3. The molecule has 3 nitrogen and oxygen atoms in total. The van der Waals surface area contributed by atoms with Gasteiger partial charge in [-0.1, -0.05) is 19.9 Å². The largest absolute Gasteiger partial charge is 0.265 e. The number of hydrogen-bond acceptors (Lipinski definition) is 2. The first-order valence-corrected chi connectivity index (χ1v) is 6.56. The van der Waals surface area contributed by atoms with Crippen molar-refractivity contribution in [1.29, 1.82) is 0 Å². The van der Waals surface area contributed by atoms with E-state index in [4.69, 9.17) is 0 Å². The summed E-state index contributed by atoms with van der Waals surface area (Å²) in [7, 11) is 0. The molecule has 18 heavy (non-hydrogen) atoms. The molecule has 1 aliphatic rings. The monoisotopic (exact) mass is 241 g/mol. The average molecular weight is 241 g/mol. The van der Waals surface area contributed by atoms with Crippen molar-refractivity contribution in [2.75, 3.05) is 0 Å². The Morgan fingerprint density at radius 2 is 2.22 bits per heavy atom. The Morgan fingerprint density at radius 1 is 1.33 bits per heavy atom. The lowest BCUT2D eigenvalue weighted by Gasteiger charge is -2.30. The molecule has 0 amide bonds. The van der Waals surface area contributed by atoms with Crippen LogP contribution in [0.1, 0.15) is 37.1 Å². The van der Waals surface area contributed by atoms with Crippen LogP contribution in [0.15, 0.2) is 30.7 Å². The Bertz CT molecular complexity index is 540. The maximum absolute atomic E-state index is 4.55. The number of hydrogen-bond donors (Lipinski definition) is 0. The van der Waals surface area contributed by atoms with E-state index in [0.29, 0.717) is 5.41 Å². The molecular formula is C15H19N3. The van der Waals surface area contributed by atoms with E-state index >= 15 is 0 Å². The molecule has 94 valence electrons. The highest BCUT2D eigenvalue weighted by molar-refractivity contribution is 5.24. The van der Waals surface area contributed by atoms with Gasteiger partial charge in [-0.25, -0.2) is 0 Å². The molecular weight excluding hydrogens is 222 g/mol. The topological polar surface area (TPSA) is 30.7 Å². The molecule has 0 saturated carbocycles. The molecule has 2 aromatic heterocycles. The molecule has 3 rings (SSSR count). The van der Waals surface area contributed by atoms with Gasteiger partial charge in [0.2, 0.25) is 0 Å². The second-order valence-electron chi connectivity index (χ2n) is 5.98. The molecule has 0 radical (unpaired) electrons. The predicted octanol–water partition coefficient (Wildman–Crippen LogP) is 2.84. The summed E-state index contributed by atoms with van der Waals surface area (Å²) in [4.78, 5) is 4.16. The molecule has 0 bridgehead atoms. The third-order valence-electron chi connectivity index (χ3n) is 3.81. The van der Waals surface area contributed by atoms with E-state index in [9.17, 15) is 0 Å². The van der Waals surface area contributed by atoms with E-state index in [1.807, 2.05) is 24.7 Å². The van der Waals surface area contributed by atoms with Crippen molar-refractivity contribution in [3.63, 3.8) is 0 Å². The van der Waals surface area contributed by atoms with Crippen LogP contribution in [0.5, 0.6) is 0 Å². The van der Waals surface area contributed by atoms with Crippen LogP contribution >= 0.6 is 0 Å². The summed E-state index contributed by atoms with van der Waals surface area (Å²) >= 11 is 0. The number of rotatable bonds is 2.